The predicted molar refractivity (Wildman–Crippen MR) is 106 cm³/mol. The van der Waals surface area contributed by atoms with Crippen molar-refractivity contribution in [2.45, 2.75) is 12.6 Å². The molecule has 0 unspecified atom stereocenters. The van der Waals surface area contributed by atoms with Crippen LogP contribution in [0, 0.1) is 0 Å². The molecule has 1 saturated heterocycles. The molecule has 0 spiro atoms. The average molecular weight is 395 g/mol. The molecule has 1 aliphatic heterocycles. The number of rotatable bonds is 7. The third kappa shape index (κ3) is 6.15. The molecule has 2 aromatic carbocycles. The first kappa shape index (κ1) is 19.5. The van der Waals surface area contributed by atoms with Gasteiger partial charge in [0.25, 0.3) is 0 Å². The second-order valence-corrected chi connectivity index (χ2v) is 7.50. The van der Waals surface area contributed by atoms with Crippen LogP contribution in [-0.2, 0) is 6.54 Å². The Morgan fingerprint density at radius 1 is 0.923 bits per heavy atom. The summed E-state index contributed by atoms with van der Waals surface area (Å²) in [4.78, 5) is 4.70. The summed E-state index contributed by atoms with van der Waals surface area (Å²) in [5.74, 6) is 0.722. The first-order chi connectivity index (χ1) is 12.6. The van der Waals surface area contributed by atoms with Crippen LogP contribution in [0.25, 0.3) is 0 Å². The number of aliphatic hydroxyl groups excluding tert-OH is 1. The highest BCUT2D eigenvalue weighted by atomic mass is 35.5. The number of ether oxygens (including phenoxy) is 1. The number of halogens is 2. The van der Waals surface area contributed by atoms with Crippen molar-refractivity contribution >= 4 is 23.2 Å². The molecule has 0 bridgehead atoms. The molecule has 0 amide bonds. The van der Waals surface area contributed by atoms with Gasteiger partial charge in [0.15, 0.2) is 0 Å². The van der Waals surface area contributed by atoms with Crippen LogP contribution in [0.4, 0.5) is 0 Å². The van der Waals surface area contributed by atoms with Crippen molar-refractivity contribution < 1.29 is 9.84 Å². The van der Waals surface area contributed by atoms with Crippen LogP contribution in [0.1, 0.15) is 5.56 Å². The maximum atomic E-state index is 10.2. The highest BCUT2D eigenvalue weighted by Gasteiger charge is 2.19. The van der Waals surface area contributed by atoms with E-state index in [9.17, 15) is 5.11 Å². The Kier molecular flexibility index (Phi) is 7.17. The largest absolute Gasteiger partial charge is 0.491 e. The lowest BCUT2D eigenvalue weighted by Crippen LogP contribution is -2.48. The van der Waals surface area contributed by atoms with Crippen molar-refractivity contribution in [3.8, 4) is 5.75 Å². The zero-order chi connectivity index (χ0) is 18.4. The molecule has 3 rings (SSSR count). The Balaban J connectivity index is 1.37. The van der Waals surface area contributed by atoms with Crippen LogP contribution in [0.5, 0.6) is 5.75 Å². The van der Waals surface area contributed by atoms with Gasteiger partial charge in [-0.3, -0.25) is 9.80 Å². The second-order valence-electron chi connectivity index (χ2n) is 6.63. The van der Waals surface area contributed by atoms with Crippen molar-refractivity contribution in [3.63, 3.8) is 0 Å². The first-order valence-corrected chi connectivity index (χ1v) is 9.60. The maximum absolute atomic E-state index is 10.2. The minimum Gasteiger partial charge on any atom is -0.491 e. The standard InChI is InChI=1S/C20H24Cl2N2O2/c21-17-4-6-20(7-5-17)26-15-19(25)14-24-10-8-23(9-11-24)13-16-2-1-3-18(22)12-16/h1-7,12,19,25H,8-11,13-15H2/t19-/m1/s1. The Bertz CT molecular complexity index is 688. The van der Waals surface area contributed by atoms with Gasteiger partial charge in [0, 0.05) is 49.3 Å². The summed E-state index contributed by atoms with van der Waals surface area (Å²) in [6.07, 6.45) is -0.509. The fraction of sp³-hybridized carbons (Fsp3) is 0.400. The normalized spacial score (nSPS) is 17.2. The highest BCUT2D eigenvalue weighted by molar-refractivity contribution is 6.30. The van der Waals surface area contributed by atoms with Crippen molar-refractivity contribution in [2.24, 2.45) is 0 Å². The van der Waals surface area contributed by atoms with E-state index in [1.807, 2.05) is 30.3 Å². The van der Waals surface area contributed by atoms with Crippen LogP contribution < -0.4 is 4.74 Å². The van der Waals surface area contributed by atoms with Crippen molar-refractivity contribution in [1.82, 2.24) is 9.80 Å². The molecule has 4 nitrogen and oxygen atoms in total. The fourth-order valence-corrected chi connectivity index (χ4v) is 3.44. The van der Waals surface area contributed by atoms with Gasteiger partial charge >= 0.3 is 0 Å². The van der Waals surface area contributed by atoms with E-state index in [0.717, 1.165) is 43.5 Å². The van der Waals surface area contributed by atoms with E-state index in [2.05, 4.69) is 15.9 Å². The van der Waals surface area contributed by atoms with E-state index in [1.54, 1.807) is 12.1 Å². The predicted octanol–water partition coefficient (Wildman–Crippen LogP) is 3.55. The summed E-state index contributed by atoms with van der Waals surface area (Å²) in [5, 5.41) is 11.7. The van der Waals surface area contributed by atoms with Gasteiger partial charge in [0.05, 0.1) is 0 Å². The minimum atomic E-state index is -0.509. The second kappa shape index (κ2) is 9.58. The number of hydrogen-bond acceptors (Lipinski definition) is 4. The van der Waals surface area contributed by atoms with Crippen LogP contribution in [-0.4, -0.2) is 60.3 Å². The van der Waals surface area contributed by atoms with Gasteiger partial charge in [-0.2, -0.15) is 0 Å². The minimum absolute atomic E-state index is 0.282. The number of hydrogen-bond donors (Lipinski definition) is 1. The van der Waals surface area contributed by atoms with Gasteiger partial charge in [0.1, 0.15) is 18.5 Å². The molecule has 1 heterocycles. The van der Waals surface area contributed by atoms with Gasteiger partial charge < -0.3 is 9.84 Å². The van der Waals surface area contributed by atoms with Gasteiger partial charge in [-0.1, -0.05) is 35.3 Å². The third-order valence-corrected chi connectivity index (χ3v) is 4.97. The molecule has 0 aliphatic carbocycles. The van der Waals surface area contributed by atoms with Crippen LogP contribution >= 0.6 is 23.2 Å². The van der Waals surface area contributed by atoms with Crippen LogP contribution in [0.2, 0.25) is 10.0 Å². The lowest BCUT2D eigenvalue weighted by molar-refractivity contribution is 0.0446. The van der Waals surface area contributed by atoms with E-state index in [4.69, 9.17) is 27.9 Å². The van der Waals surface area contributed by atoms with E-state index >= 15 is 0 Å². The Morgan fingerprint density at radius 3 is 2.31 bits per heavy atom. The molecule has 6 heteroatoms. The molecule has 0 radical (unpaired) electrons. The quantitative estimate of drug-likeness (QED) is 0.778. The first-order valence-electron chi connectivity index (χ1n) is 8.84. The Labute approximate surface area is 164 Å². The van der Waals surface area contributed by atoms with Gasteiger partial charge in [-0.05, 0) is 42.0 Å². The van der Waals surface area contributed by atoms with Crippen LogP contribution in [0.15, 0.2) is 48.5 Å². The molecule has 1 fully saturated rings. The number of piperazine rings is 1. The maximum Gasteiger partial charge on any atom is 0.119 e. The molecule has 140 valence electrons. The van der Waals surface area contributed by atoms with E-state index in [-0.39, 0.29) is 6.61 Å². The molecule has 1 N–H and O–H groups in total. The van der Waals surface area contributed by atoms with Crippen molar-refractivity contribution in [3.05, 3.63) is 64.1 Å². The van der Waals surface area contributed by atoms with Crippen LogP contribution in [0.3, 0.4) is 0 Å². The summed E-state index contributed by atoms with van der Waals surface area (Å²) < 4.78 is 5.62. The number of β-amino-alcohol motifs (C(OH)–C–C–N with tert-alkyl or cyclic N) is 1. The molecule has 2 aromatic rings. The molecule has 1 atom stereocenters. The Hall–Kier alpha value is -1.30. The lowest BCUT2D eigenvalue weighted by Gasteiger charge is -2.35. The van der Waals surface area contributed by atoms with E-state index in [0.29, 0.717) is 11.6 Å². The fourth-order valence-electron chi connectivity index (χ4n) is 3.10. The average Bonchev–Trinajstić information content (AvgIpc) is 2.63. The Morgan fingerprint density at radius 2 is 1.62 bits per heavy atom. The zero-order valence-corrected chi connectivity index (χ0v) is 16.2. The summed E-state index contributed by atoms with van der Waals surface area (Å²) in [6.45, 7) is 5.67. The zero-order valence-electron chi connectivity index (χ0n) is 14.7. The smallest absolute Gasteiger partial charge is 0.119 e. The van der Waals surface area contributed by atoms with Crippen molar-refractivity contribution in [2.75, 3.05) is 39.3 Å². The molecule has 26 heavy (non-hydrogen) atoms. The molecule has 0 saturated carbocycles. The molecule has 1 aliphatic rings. The van der Waals surface area contributed by atoms with Crippen molar-refractivity contribution in [1.29, 1.82) is 0 Å². The number of benzene rings is 2. The SMILES string of the molecule is O[C@@H](COc1ccc(Cl)cc1)CN1CCN(Cc2cccc(Cl)c2)CC1. The van der Waals surface area contributed by atoms with Gasteiger partial charge in [-0.25, -0.2) is 0 Å². The number of aliphatic hydroxyl groups is 1. The lowest BCUT2D eigenvalue weighted by atomic mass is 10.2. The topological polar surface area (TPSA) is 35.9 Å². The van der Waals surface area contributed by atoms with E-state index in [1.165, 1.54) is 5.56 Å². The summed E-state index contributed by atoms with van der Waals surface area (Å²) in [7, 11) is 0. The van der Waals surface area contributed by atoms with E-state index < -0.39 is 6.10 Å². The summed E-state index contributed by atoms with van der Waals surface area (Å²) in [6, 6.07) is 15.2. The van der Waals surface area contributed by atoms with Gasteiger partial charge in [-0.15, -0.1) is 0 Å². The highest BCUT2D eigenvalue weighted by Crippen LogP contribution is 2.16. The molecular weight excluding hydrogens is 371 g/mol. The monoisotopic (exact) mass is 394 g/mol. The molecular formula is C20H24Cl2N2O2. The van der Waals surface area contributed by atoms with Gasteiger partial charge in [0.2, 0.25) is 0 Å². The summed E-state index contributed by atoms with van der Waals surface area (Å²) >= 11 is 11.9. The number of nitrogens with zero attached hydrogens (tertiary/aromatic N) is 2. The molecule has 0 aromatic heterocycles. The summed E-state index contributed by atoms with van der Waals surface area (Å²) in [5.41, 5.74) is 1.24. The third-order valence-electron chi connectivity index (χ3n) is 4.49.